The number of ether oxygens (including phenoxy) is 1. The van der Waals surface area contributed by atoms with Crippen LogP contribution in [0.5, 0.6) is 0 Å². The van der Waals surface area contributed by atoms with E-state index in [1.54, 1.807) is 13.8 Å². The summed E-state index contributed by atoms with van der Waals surface area (Å²) in [6, 6.07) is 0. The normalized spacial score (nSPS) is 42.4. The standard InChI is InChI=1S/C17H31NO6/c1-9-5-11(3)17(22)24-8-14(20)16(21)12(4)15(18-23)10(2)7-13(19)6-9/h9-14,16,19-21,23H,5-8H2,1-4H3/b18-15+/t9-,10+,11?,12?,13?,14?,16?/m0/s1. The van der Waals surface area contributed by atoms with Crippen molar-refractivity contribution in [2.45, 2.75) is 65.3 Å². The third-order valence-corrected chi connectivity index (χ3v) is 4.85. The molecule has 1 saturated heterocycles. The average molecular weight is 345 g/mol. The fraction of sp³-hybridized carbons (Fsp3) is 0.882. The highest BCUT2D eigenvalue weighted by atomic mass is 16.5. The zero-order chi connectivity index (χ0) is 18.4. The fourth-order valence-corrected chi connectivity index (χ4v) is 3.44. The molecule has 24 heavy (non-hydrogen) atoms. The van der Waals surface area contributed by atoms with E-state index < -0.39 is 30.2 Å². The molecule has 0 amide bonds. The minimum atomic E-state index is -1.27. The van der Waals surface area contributed by atoms with E-state index in [0.29, 0.717) is 25.0 Å². The Morgan fingerprint density at radius 2 is 1.62 bits per heavy atom. The molecule has 7 nitrogen and oxygen atoms in total. The van der Waals surface area contributed by atoms with E-state index in [-0.39, 0.29) is 24.4 Å². The van der Waals surface area contributed by atoms with Gasteiger partial charge in [-0.25, -0.2) is 0 Å². The van der Waals surface area contributed by atoms with Crippen molar-refractivity contribution in [3.05, 3.63) is 0 Å². The van der Waals surface area contributed by atoms with Gasteiger partial charge in [0.15, 0.2) is 0 Å². The third kappa shape index (κ3) is 5.72. The van der Waals surface area contributed by atoms with Gasteiger partial charge in [0, 0.05) is 11.8 Å². The lowest BCUT2D eigenvalue weighted by Gasteiger charge is -2.29. The minimum absolute atomic E-state index is 0.125. The molecule has 0 bridgehead atoms. The molecule has 7 heteroatoms. The molecule has 5 unspecified atom stereocenters. The van der Waals surface area contributed by atoms with Gasteiger partial charge in [0.2, 0.25) is 0 Å². The summed E-state index contributed by atoms with van der Waals surface area (Å²) < 4.78 is 5.09. The Hall–Kier alpha value is -1.18. The molecule has 0 saturated carbocycles. The summed E-state index contributed by atoms with van der Waals surface area (Å²) in [6.07, 6.45) is -1.63. The predicted octanol–water partition coefficient (Wildman–Crippen LogP) is 1.17. The van der Waals surface area contributed by atoms with Gasteiger partial charge >= 0.3 is 5.97 Å². The summed E-state index contributed by atoms with van der Waals surface area (Å²) in [7, 11) is 0. The third-order valence-electron chi connectivity index (χ3n) is 4.85. The van der Waals surface area contributed by atoms with E-state index >= 15 is 0 Å². The number of cyclic esters (lactones) is 1. The number of rotatable bonds is 0. The van der Waals surface area contributed by atoms with Gasteiger partial charge in [-0.1, -0.05) is 32.9 Å². The van der Waals surface area contributed by atoms with Crippen LogP contribution in [-0.2, 0) is 9.53 Å². The van der Waals surface area contributed by atoms with Crippen molar-refractivity contribution in [1.82, 2.24) is 0 Å². The number of aliphatic hydroxyl groups excluding tert-OH is 3. The van der Waals surface area contributed by atoms with Gasteiger partial charge in [0.05, 0.1) is 23.8 Å². The minimum Gasteiger partial charge on any atom is -0.463 e. The van der Waals surface area contributed by atoms with Crippen molar-refractivity contribution in [2.24, 2.45) is 28.8 Å². The highest BCUT2D eigenvalue weighted by Crippen LogP contribution is 2.25. The van der Waals surface area contributed by atoms with Crippen LogP contribution < -0.4 is 0 Å². The molecule has 1 rings (SSSR count). The Bertz CT molecular complexity index is 441. The molecule has 7 atom stereocenters. The van der Waals surface area contributed by atoms with Crippen molar-refractivity contribution < 1.29 is 30.1 Å². The van der Waals surface area contributed by atoms with Crippen molar-refractivity contribution in [3.63, 3.8) is 0 Å². The Balaban J connectivity index is 2.98. The van der Waals surface area contributed by atoms with E-state index in [9.17, 15) is 25.3 Å². The van der Waals surface area contributed by atoms with Gasteiger partial charge in [0.1, 0.15) is 12.7 Å². The van der Waals surface area contributed by atoms with E-state index in [1.165, 1.54) is 0 Å². The summed E-state index contributed by atoms with van der Waals surface area (Å²) in [5.41, 5.74) is 0.310. The Kier molecular flexibility index (Phi) is 8.12. The van der Waals surface area contributed by atoms with Gasteiger partial charge in [-0.2, -0.15) is 0 Å². The number of hydrogen-bond acceptors (Lipinski definition) is 7. The molecule has 0 spiro atoms. The quantitative estimate of drug-likeness (QED) is 0.297. The number of oxime groups is 1. The van der Waals surface area contributed by atoms with Gasteiger partial charge in [-0.15, -0.1) is 0 Å². The van der Waals surface area contributed by atoms with Gasteiger partial charge in [-0.3, -0.25) is 4.79 Å². The zero-order valence-corrected chi connectivity index (χ0v) is 14.9. The number of aliphatic hydroxyl groups is 3. The van der Waals surface area contributed by atoms with E-state index in [2.05, 4.69) is 5.16 Å². The number of carbonyl (C=O) groups excluding carboxylic acids is 1. The predicted molar refractivity (Wildman–Crippen MR) is 88.7 cm³/mol. The van der Waals surface area contributed by atoms with Crippen LogP contribution in [0.1, 0.15) is 47.0 Å². The Labute approximate surface area is 143 Å². The van der Waals surface area contributed by atoms with Crippen LogP contribution in [-0.4, -0.2) is 57.1 Å². The van der Waals surface area contributed by atoms with Gasteiger partial charge in [-0.05, 0) is 25.2 Å². The highest BCUT2D eigenvalue weighted by molar-refractivity contribution is 5.88. The first-order valence-electron chi connectivity index (χ1n) is 8.59. The summed E-state index contributed by atoms with van der Waals surface area (Å²) in [5.74, 6) is -1.54. The van der Waals surface area contributed by atoms with Crippen molar-refractivity contribution >= 4 is 11.7 Å². The summed E-state index contributed by atoms with van der Waals surface area (Å²) >= 11 is 0. The second-order valence-corrected chi connectivity index (χ2v) is 7.27. The van der Waals surface area contributed by atoms with Gasteiger partial charge in [0.25, 0.3) is 0 Å². The summed E-state index contributed by atoms with van der Waals surface area (Å²) in [5, 5.41) is 43.1. The summed E-state index contributed by atoms with van der Waals surface area (Å²) in [6.45, 7) is 6.85. The molecule has 0 radical (unpaired) electrons. The monoisotopic (exact) mass is 345 g/mol. The average Bonchev–Trinajstić information content (AvgIpc) is 2.50. The lowest BCUT2D eigenvalue weighted by Crippen LogP contribution is -2.42. The molecular weight excluding hydrogens is 314 g/mol. The Morgan fingerprint density at radius 1 is 1.00 bits per heavy atom. The van der Waals surface area contributed by atoms with Crippen LogP contribution in [0, 0.1) is 23.7 Å². The number of esters is 1. The van der Waals surface area contributed by atoms with Crippen molar-refractivity contribution in [1.29, 1.82) is 0 Å². The second-order valence-electron chi connectivity index (χ2n) is 7.27. The number of nitrogens with zero attached hydrogens (tertiary/aromatic N) is 1. The molecule has 1 heterocycles. The van der Waals surface area contributed by atoms with Gasteiger partial charge < -0.3 is 25.3 Å². The summed E-state index contributed by atoms with van der Waals surface area (Å²) in [4.78, 5) is 12.0. The smallest absolute Gasteiger partial charge is 0.308 e. The Morgan fingerprint density at radius 3 is 2.21 bits per heavy atom. The first-order chi connectivity index (χ1) is 11.2. The van der Waals surface area contributed by atoms with E-state index in [1.807, 2.05) is 13.8 Å². The molecule has 0 aliphatic carbocycles. The number of carbonyl (C=O) groups is 1. The fourth-order valence-electron chi connectivity index (χ4n) is 3.44. The lowest BCUT2D eigenvalue weighted by atomic mass is 9.83. The van der Waals surface area contributed by atoms with Crippen molar-refractivity contribution in [3.8, 4) is 0 Å². The van der Waals surface area contributed by atoms with Crippen LogP contribution >= 0.6 is 0 Å². The largest absolute Gasteiger partial charge is 0.463 e. The number of hydrogen-bond donors (Lipinski definition) is 4. The molecular formula is C17H31NO6. The highest BCUT2D eigenvalue weighted by Gasteiger charge is 2.32. The molecule has 1 aliphatic rings. The first kappa shape index (κ1) is 20.9. The molecule has 1 fully saturated rings. The molecule has 1 aliphatic heterocycles. The molecule has 0 aromatic rings. The van der Waals surface area contributed by atoms with Crippen LogP contribution in [0.15, 0.2) is 5.16 Å². The zero-order valence-electron chi connectivity index (χ0n) is 14.9. The van der Waals surface area contributed by atoms with Crippen LogP contribution in [0.25, 0.3) is 0 Å². The van der Waals surface area contributed by atoms with E-state index in [4.69, 9.17) is 4.74 Å². The SMILES string of the molecule is CC1C[C@H](C)CC(O)C[C@@H](C)/C(=N\O)C(C)C(O)C(O)COC1=O. The van der Waals surface area contributed by atoms with E-state index in [0.717, 1.165) is 0 Å². The molecule has 0 aromatic carbocycles. The lowest BCUT2D eigenvalue weighted by molar-refractivity contribution is -0.154. The second kappa shape index (κ2) is 9.34. The topological polar surface area (TPSA) is 120 Å². The van der Waals surface area contributed by atoms with Crippen molar-refractivity contribution in [2.75, 3.05) is 6.61 Å². The maximum absolute atomic E-state index is 12.0. The van der Waals surface area contributed by atoms with Crippen LogP contribution in [0.3, 0.4) is 0 Å². The molecule has 4 N–H and O–H groups in total. The van der Waals surface area contributed by atoms with Crippen LogP contribution in [0.2, 0.25) is 0 Å². The molecule has 0 aromatic heterocycles. The maximum Gasteiger partial charge on any atom is 0.308 e. The van der Waals surface area contributed by atoms with Crippen LogP contribution in [0.4, 0.5) is 0 Å². The first-order valence-corrected chi connectivity index (χ1v) is 8.59. The molecule has 140 valence electrons. The maximum atomic E-state index is 12.0.